The Morgan fingerprint density at radius 3 is 1.02 bits per heavy atom. The van der Waals surface area contributed by atoms with Crippen LogP contribution in [-0.2, 0) is 34.9 Å². The van der Waals surface area contributed by atoms with Crippen molar-refractivity contribution in [3.63, 3.8) is 0 Å². The van der Waals surface area contributed by atoms with Crippen molar-refractivity contribution in [2.75, 3.05) is 0 Å². The second-order valence-corrected chi connectivity index (χ2v) is 18.8. The van der Waals surface area contributed by atoms with Gasteiger partial charge < -0.3 is 9.47 Å². The minimum atomic E-state index is -0.0870. The van der Waals surface area contributed by atoms with Crippen LogP contribution in [0.3, 0.4) is 0 Å². The fourth-order valence-electron chi connectivity index (χ4n) is 6.40. The minimum absolute atomic E-state index is 0.00102. The van der Waals surface area contributed by atoms with Gasteiger partial charge in [0.25, 0.3) is 0 Å². The summed E-state index contributed by atoms with van der Waals surface area (Å²) in [5, 5.41) is 0. The third kappa shape index (κ3) is 10.7. The van der Waals surface area contributed by atoms with Gasteiger partial charge in [0.15, 0.2) is 0 Å². The fraction of sp³-hybridized carbons (Fsp3) is 0.346. The van der Waals surface area contributed by atoms with Gasteiger partial charge in [-0.15, -0.1) is 0 Å². The Hall–Kier alpha value is -4.82. The van der Waals surface area contributed by atoms with Gasteiger partial charge in [-0.25, -0.2) is 0 Å². The van der Waals surface area contributed by atoms with Gasteiger partial charge in [0.2, 0.25) is 0 Å². The van der Waals surface area contributed by atoms with Crippen molar-refractivity contribution in [2.45, 2.75) is 118 Å². The monoisotopic (exact) mass is 718 g/mol. The Morgan fingerprint density at radius 2 is 0.722 bits per heavy atom. The molecule has 0 unspecified atom stereocenters. The molecule has 0 aliphatic rings. The van der Waals surface area contributed by atoms with Crippen LogP contribution in [-0.4, -0.2) is 0 Å². The predicted octanol–water partition coefficient (Wildman–Crippen LogP) is 14.4. The molecule has 5 rings (SSSR count). The summed E-state index contributed by atoms with van der Waals surface area (Å²) in [4.78, 5) is 0. The normalized spacial score (nSPS) is 12.8. The summed E-state index contributed by atoms with van der Waals surface area (Å²) in [5.41, 5.74) is 11.7. The van der Waals surface area contributed by atoms with Gasteiger partial charge in [-0.2, -0.15) is 0 Å². The van der Waals surface area contributed by atoms with Gasteiger partial charge in [0.1, 0.15) is 24.7 Å². The molecule has 0 fully saturated rings. The van der Waals surface area contributed by atoms with Crippen LogP contribution >= 0.6 is 0 Å². The van der Waals surface area contributed by atoms with Gasteiger partial charge in [0.05, 0.1) is 0 Å². The number of rotatable bonds is 10. The van der Waals surface area contributed by atoms with Crippen molar-refractivity contribution in [3.05, 3.63) is 165 Å². The zero-order chi connectivity index (χ0) is 39.3. The SMILES string of the molecule is CC(C)(C)c1cc(/C=C/c2ccc(/C=C/c3cc(C(C)(C)C)cc(C(C)(C)C)c3OCc3ccccc3)cc2)c(OCc2ccccc2)c(C(C)(C)C)c1. The van der Waals surface area contributed by atoms with Crippen LogP contribution in [0.2, 0.25) is 0 Å². The highest BCUT2D eigenvalue weighted by atomic mass is 16.5. The molecule has 0 bridgehead atoms. The van der Waals surface area contributed by atoms with Gasteiger partial charge in [-0.1, -0.05) is 204 Å². The highest BCUT2D eigenvalue weighted by Gasteiger charge is 2.27. The van der Waals surface area contributed by atoms with Crippen LogP contribution in [0.4, 0.5) is 0 Å². The van der Waals surface area contributed by atoms with E-state index in [-0.39, 0.29) is 21.7 Å². The van der Waals surface area contributed by atoms with E-state index in [0.29, 0.717) is 13.2 Å². The average Bonchev–Trinajstić information content (AvgIpc) is 3.10. The predicted molar refractivity (Wildman–Crippen MR) is 234 cm³/mol. The lowest BCUT2D eigenvalue weighted by Crippen LogP contribution is -2.18. The summed E-state index contributed by atoms with van der Waals surface area (Å²) in [6.45, 7) is 28.3. The molecule has 0 aromatic heterocycles. The maximum atomic E-state index is 6.67. The second-order valence-electron chi connectivity index (χ2n) is 18.8. The van der Waals surface area contributed by atoms with Crippen LogP contribution < -0.4 is 9.47 Å². The van der Waals surface area contributed by atoms with Crippen molar-refractivity contribution < 1.29 is 9.47 Å². The van der Waals surface area contributed by atoms with Crippen molar-refractivity contribution in [1.29, 1.82) is 0 Å². The van der Waals surface area contributed by atoms with Crippen LogP contribution in [0.15, 0.2) is 109 Å². The Kier molecular flexibility index (Phi) is 12.2. The lowest BCUT2D eigenvalue weighted by molar-refractivity contribution is 0.296. The molecule has 5 aromatic rings. The molecule has 0 aliphatic carbocycles. The maximum Gasteiger partial charge on any atom is 0.130 e. The first-order valence-electron chi connectivity index (χ1n) is 19.5. The third-order valence-corrected chi connectivity index (χ3v) is 9.88. The molecule has 0 saturated carbocycles. The standard InChI is InChI=1S/C52H62O2/c1-49(2,3)43-31-41(47(45(33-43)51(7,8)9)53-35-39-19-15-13-16-20-39)29-27-37-23-25-38(26-24-37)28-30-42-32-44(50(4,5)6)34-46(52(10,11)12)48(42)54-36-40-21-17-14-18-22-40/h13-34H,35-36H2,1-12H3/b29-27+,30-28+. The molecule has 0 saturated heterocycles. The van der Waals surface area contributed by atoms with E-state index in [2.05, 4.69) is 204 Å². The zero-order valence-corrected chi connectivity index (χ0v) is 34.9. The maximum absolute atomic E-state index is 6.67. The molecular formula is C52H62O2. The molecule has 0 heterocycles. The largest absolute Gasteiger partial charge is 0.488 e. The molecule has 0 spiro atoms. The quantitative estimate of drug-likeness (QED) is 0.134. The molecule has 5 aromatic carbocycles. The zero-order valence-electron chi connectivity index (χ0n) is 34.9. The van der Waals surface area contributed by atoms with E-state index in [0.717, 1.165) is 44.9 Å². The van der Waals surface area contributed by atoms with E-state index >= 15 is 0 Å². The summed E-state index contributed by atoms with van der Waals surface area (Å²) < 4.78 is 13.3. The van der Waals surface area contributed by atoms with E-state index < -0.39 is 0 Å². The van der Waals surface area contributed by atoms with Crippen molar-refractivity contribution >= 4 is 24.3 Å². The summed E-state index contributed by atoms with van der Waals surface area (Å²) in [6, 6.07) is 38.9. The lowest BCUT2D eigenvalue weighted by Gasteiger charge is -2.29. The summed E-state index contributed by atoms with van der Waals surface area (Å²) >= 11 is 0. The summed E-state index contributed by atoms with van der Waals surface area (Å²) in [7, 11) is 0. The second kappa shape index (κ2) is 16.3. The first-order chi connectivity index (χ1) is 25.3. The highest BCUT2D eigenvalue weighted by Crippen LogP contribution is 2.41. The fourth-order valence-corrected chi connectivity index (χ4v) is 6.40. The molecule has 0 aliphatic heterocycles. The molecule has 0 amide bonds. The third-order valence-electron chi connectivity index (χ3n) is 9.88. The van der Waals surface area contributed by atoms with E-state index in [4.69, 9.17) is 9.47 Å². The van der Waals surface area contributed by atoms with Crippen LogP contribution in [0.1, 0.15) is 139 Å². The van der Waals surface area contributed by atoms with E-state index in [1.54, 1.807) is 0 Å². The first-order valence-corrected chi connectivity index (χ1v) is 19.5. The summed E-state index contributed by atoms with van der Waals surface area (Å²) in [6.07, 6.45) is 8.85. The molecule has 2 heteroatoms. The Bertz CT molecular complexity index is 1900. The van der Waals surface area contributed by atoms with Gasteiger partial charge in [-0.05, 0) is 67.2 Å². The van der Waals surface area contributed by atoms with Crippen molar-refractivity contribution in [1.82, 2.24) is 0 Å². The van der Waals surface area contributed by atoms with E-state index in [9.17, 15) is 0 Å². The lowest BCUT2D eigenvalue weighted by atomic mass is 9.78. The number of ether oxygens (including phenoxy) is 2. The molecule has 54 heavy (non-hydrogen) atoms. The Morgan fingerprint density at radius 1 is 0.389 bits per heavy atom. The molecule has 282 valence electrons. The van der Waals surface area contributed by atoms with Crippen LogP contribution in [0, 0.1) is 0 Å². The Balaban J connectivity index is 1.48. The molecular weight excluding hydrogens is 657 g/mol. The first kappa shape index (κ1) is 40.4. The van der Waals surface area contributed by atoms with E-state index in [1.807, 2.05) is 12.1 Å². The van der Waals surface area contributed by atoms with Crippen molar-refractivity contribution in [2.24, 2.45) is 0 Å². The van der Waals surface area contributed by atoms with Crippen molar-refractivity contribution in [3.8, 4) is 11.5 Å². The molecule has 0 atom stereocenters. The van der Waals surface area contributed by atoms with Gasteiger partial charge in [0, 0.05) is 22.3 Å². The van der Waals surface area contributed by atoms with Crippen LogP contribution in [0.25, 0.3) is 24.3 Å². The molecule has 0 N–H and O–H groups in total. The summed E-state index contributed by atoms with van der Waals surface area (Å²) in [5.74, 6) is 1.90. The minimum Gasteiger partial charge on any atom is -0.488 e. The molecule has 0 radical (unpaired) electrons. The number of hydrogen-bond acceptors (Lipinski definition) is 2. The Labute approximate surface area is 327 Å². The highest BCUT2D eigenvalue weighted by molar-refractivity contribution is 5.77. The number of hydrogen-bond donors (Lipinski definition) is 0. The number of benzene rings is 5. The molecule has 2 nitrogen and oxygen atoms in total. The van der Waals surface area contributed by atoms with Crippen LogP contribution in [0.5, 0.6) is 11.5 Å². The topological polar surface area (TPSA) is 18.5 Å². The van der Waals surface area contributed by atoms with Gasteiger partial charge in [-0.3, -0.25) is 0 Å². The smallest absolute Gasteiger partial charge is 0.130 e. The average molecular weight is 719 g/mol. The van der Waals surface area contributed by atoms with Gasteiger partial charge >= 0.3 is 0 Å². The van der Waals surface area contributed by atoms with E-state index in [1.165, 1.54) is 22.3 Å².